The average Bonchev–Trinajstić information content (AvgIpc) is 3.32. The molecule has 34 heavy (non-hydrogen) atoms. The molecule has 0 saturated heterocycles. The second-order valence-corrected chi connectivity index (χ2v) is 7.39. The van der Waals surface area contributed by atoms with Crippen molar-refractivity contribution in [3.63, 3.8) is 0 Å². The van der Waals surface area contributed by atoms with E-state index >= 15 is 0 Å². The van der Waals surface area contributed by atoms with Crippen LogP contribution in [-0.4, -0.2) is 41.4 Å². The number of fused-ring (bicyclic) bond motifs is 1. The highest BCUT2D eigenvalue weighted by Crippen LogP contribution is 2.30. The Morgan fingerprint density at radius 1 is 0.971 bits per heavy atom. The fourth-order valence-electron chi connectivity index (χ4n) is 3.31. The Labute approximate surface area is 192 Å². The van der Waals surface area contributed by atoms with E-state index in [1.807, 2.05) is 0 Å². The molecule has 0 bridgehead atoms. The Bertz CT molecular complexity index is 1330. The minimum Gasteiger partial charge on any atom is -0.452 e. The predicted molar refractivity (Wildman–Crippen MR) is 118 cm³/mol. The van der Waals surface area contributed by atoms with Crippen LogP contribution in [0.2, 0.25) is 0 Å². The van der Waals surface area contributed by atoms with Gasteiger partial charge in [0, 0.05) is 18.7 Å². The maximum Gasteiger partial charge on any atom is 0.338 e. The quantitative estimate of drug-likeness (QED) is 0.419. The van der Waals surface area contributed by atoms with E-state index in [2.05, 4.69) is 15.8 Å². The van der Waals surface area contributed by atoms with Gasteiger partial charge in [-0.25, -0.2) is 9.69 Å². The Morgan fingerprint density at radius 2 is 1.68 bits per heavy atom. The third kappa shape index (κ3) is 4.53. The lowest BCUT2D eigenvalue weighted by Crippen LogP contribution is -2.29. The Balaban J connectivity index is 1.44. The third-order valence-corrected chi connectivity index (χ3v) is 4.79. The Kier molecular flexibility index (Phi) is 5.92. The van der Waals surface area contributed by atoms with Gasteiger partial charge >= 0.3 is 5.97 Å². The number of hydrogen-bond acceptors (Lipinski definition) is 8. The van der Waals surface area contributed by atoms with Crippen LogP contribution in [0.3, 0.4) is 0 Å². The molecule has 11 heteroatoms. The summed E-state index contributed by atoms with van der Waals surface area (Å²) in [7, 11) is 0. The van der Waals surface area contributed by atoms with E-state index in [0.717, 1.165) is 4.90 Å². The van der Waals surface area contributed by atoms with Crippen molar-refractivity contribution in [2.45, 2.75) is 13.8 Å². The van der Waals surface area contributed by atoms with Crippen molar-refractivity contribution >= 4 is 46.9 Å². The molecule has 172 valence electrons. The number of imide groups is 1. The maximum absolute atomic E-state index is 12.9. The zero-order chi connectivity index (χ0) is 24.4. The minimum atomic E-state index is -0.843. The predicted octanol–water partition coefficient (Wildman–Crippen LogP) is 2.54. The van der Waals surface area contributed by atoms with E-state index in [4.69, 9.17) is 9.26 Å². The van der Waals surface area contributed by atoms with Crippen LogP contribution in [0.15, 0.2) is 53.1 Å². The molecule has 0 atom stereocenters. The van der Waals surface area contributed by atoms with Gasteiger partial charge in [-0.3, -0.25) is 24.5 Å². The molecular formula is C23H18N4O7. The van der Waals surface area contributed by atoms with Gasteiger partial charge in [0.25, 0.3) is 17.7 Å². The second kappa shape index (κ2) is 8.98. The fraction of sp³-hybridized carbons (Fsp3) is 0.130. The van der Waals surface area contributed by atoms with Crippen LogP contribution in [0.25, 0.3) is 0 Å². The van der Waals surface area contributed by atoms with E-state index in [1.165, 1.54) is 43.3 Å². The lowest BCUT2D eigenvalue weighted by molar-refractivity contribution is -0.119. The van der Waals surface area contributed by atoms with Crippen LogP contribution in [0.4, 0.5) is 17.3 Å². The number of anilines is 3. The lowest BCUT2D eigenvalue weighted by Gasteiger charge is -2.14. The Morgan fingerprint density at radius 3 is 2.32 bits per heavy atom. The summed E-state index contributed by atoms with van der Waals surface area (Å²) in [6, 6.07) is 11.6. The average molecular weight is 462 g/mol. The van der Waals surface area contributed by atoms with Gasteiger partial charge in [0.2, 0.25) is 11.8 Å². The molecule has 4 amide bonds. The number of rotatable bonds is 6. The van der Waals surface area contributed by atoms with Gasteiger partial charge in [-0.05, 0) is 49.4 Å². The van der Waals surface area contributed by atoms with Crippen LogP contribution in [0.5, 0.6) is 0 Å². The first-order chi connectivity index (χ1) is 16.2. The molecule has 1 aliphatic rings. The van der Waals surface area contributed by atoms with Crippen molar-refractivity contribution in [2.75, 3.05) is 22.1 Å². The normalized spacial score (nSPS) is 12.4. The van der Waals surface area contributed by atoms with Crippen molar-refractivity contribution in [2.24, 2.45) is 0 Å². The molecule has 3 aromatic rings. The van der Waals surface area contributed by atoms with Crippen LogP contribution >= 0.6 is 0 Å². The van der Waals surface area contributed by atoms with Gasteiger partial charge in [-0.1, -0.05) is 5.16 Å². The lowest BCUT2D eigenvalue weighted by atomic mass is 10.1. The molecule has 2 N–H and O–H groups in total. The van der Waals surface area contributed by atoms with Crippen LogP contribution in [0, 0.1) is 6.92 Å². The van der Waals surface area contributed by atoms with E-state index in [1.54, 1.807) is 19.1 Å². The standard InChI is InChI=1S/C23H18N4O7/c1-12-9-20(34-26-12)25-19(29)11-33-23(32)14-3-8-17-18(10-14)22(31)27(21(17)30)16-6-4-15(5-7-16)24-13(2)28/h3-10H,11H2,1-2H3,(H,24,28)(H,25,29). The number of carbonyl (C=O) groups is 5. The molecule has 2 heterocycles. The molecule has 1 aliphatic heterocycles. The minimum absolute atomic E-state index is 0.00562. The van der Waals surface area contributed by atoms with Gasteiger partial charge in [0.05, 0.1) is 28.1 Å². The molecule has 0 saturated carbocycles. The van der Waals surface area contributed by atoms with Crippen LogP contribution in [0.1, 0.15) is 43.7 Å². The number of aryl methyl sites for hydroxylation is 1. The second-order valence-electron chi connectivity index (χ2n) is 7.39. The molecular weight excluding hydrogens is 444 g/mol. The molecule has 0 spiro atoms. The van der Waals surface area contributed by atoms with E-state index in [-0.39, 0.29) is 28.5 Å². The molecule has 4 rings (SSSR count). The largest absolute Gasteiger partial charge is 0.452 e. The molecule has 0 aliphatic carbocycles. The molecule has 11 nitrogen and oxygen atoms in total. The summed E-state index contributed by atoms with van der Waals surface area (Å²) in [5.74, 6) is -2.77. The number of ether oxygens (including phenoxy) is 1. The third-order valence-electron chi connectivity index (χ3n) is 4.79. The fourth-order valence-corrected chi connectivity index (χ4v) is 3.31. The molecule has 2 aromatic carbocycles. The number of carbonyl (C=O) groups excluding carboxylic acids is 5. The molecule has 0 unspecified atom stereocenters. The van der Waals surface area contributed by atoms with Crippen LogP contribution < -0.4 is 15.5 Å². The van der Waals surface area contributed by atoms with Gasteiger partial charge in [0.1, 0.15) is 0 Å². The van der Waals surface area contributed by atoms with E-state index in [0.29, 0.717) is 17.1 Å². The van der Waals surface area contributed by atoms with Gasteiger partial charge < -0.3 is 14.6 Å². The number of nitrogens with zero attached hydrogens (tertiary/aromatic N) is 2. The smallest absolute Gasteiger partial charge is 0.338 e. The SMILES string of the molecule is CC(=O)Nc1ccc(N2C(=O)c3ccc(C(=O)OCC(=O)Nc4cc(C)no4)cc3C2=O)cc1. The van der Waals surface area contributed by atoms with E-state index < -0.39 is 30.3 Å². The first kappa shape index (κ1) is 22.4. The summed E-state index contributed by atoms with van der Waals surface area (Å²) in [4.78, 5) is 62.2. The van der Waals surface area contributed by atoms with Crippen molar-refractivity contribution in [3.8, 4) is 0 Å². The molecule has 1 aromatic heterocycles. The molecule has 0 fully saturated rings. The van der Waals surface area contributed by atoms with Gasteiger partial charge in [0.15, 0.2) is 6.61 Å². The summed E-state index contributed by atoms with van der Waals surface area (Å²) in [6.45, 7) is 2.46. The number of aromatic nitrogens is 1. The van der Waals surface area contributed by atoms with Crippen molar-refractivity contribution in [1.29, 1.82) is 0 Å². The summed E-state index contributed by atoms with van der Waals surface area (Å²) in [5.41, 5.74) is 1.57. The van der Waals surface area contributed by atoms with Crippen molar-refractivity contribution in [1.82, 2.24) is 5.16 Å². The number of hydrogen-bond donors (Lipinski definition) is 2. The zero-order valence-corrected chi connectivity index (χ0v) is 18.1. The number of nitrogens with one attached hydrogen (secondary N) is 2. The topological polar surface area (TPSA) is 148 Å². The van der Waals surface area contributed by atoms with Crippen molar-refractivity contribution in [3.05, 3.63) is 70.9 Å². The number of amides is 4. The maximum atomic E-state index is 12.9. The summed E-state index contributed by atoms with van der Waals surface area (Å²) < 4.78 is 9.84. The number of esters is 1. The number of benzene rings is 2. The van der Waals surface area contributed by atoms with Crippen LogP contribution in [-0.2, 0) is 14.3 Å². The monoisotopic (exact) mass is 462 g/mol. The van der Waals surface area contributed by atoms with Gasteiger partial charge in [-0.2, -0.15) is 0 Å². The zero-order valence-electron chi connectivity index (χ0n) is 18.1. The highest BCUT2D eigenvalue weighted by molar-refractivity contribution is 6.34. The highest BCUT2D eigenvalue weighted by atomic mass is 16.5. The summed E-state index contributed by atoms with van der Waals surface area (Å²) in [5, 5.41) is 8.61. The first-order valence-electron chi connectivity index (χ1n) is 10.0. The highest BCUT2D eigenvalue weighted by Gasteiger charge is 2.37. The molecule has 0 radical (unpaired) electrons. The Hall–Kier alpha value is -4.80. The summed E-state index contributed by atoms with van der Waals surface area (Å²) in [6.07, 6.45) is 0. The first-order valence-corrected chi connectivity index (χ1v) is 10.0. The summed E-state index contributed by atoms with van der Waals surface area (Å²) >= 11 is 0. The van der Waals surface area contributed by atoms with E-state index in [9.17, 15) is 24.0 Å². The van der Waals surface area contributed by atoms with Crippen molar-refractivity contribution < 1.29 is 33.2 Å². The van der Waals surface area contributed by atoms with Gasteiger partial charge in [-0.15, -0.1) is 0 Å².